The first-order valence-electron chi connectivity index (χ1n) is 8.22. The van der Waals surface area contributed by atoms with Gasteiger partial charge in [-0.3, -0.25) is 0 Å². The summed E-state index contributed by atoms with van der Waals surface area (Å²) in [7, 11) is 0. The van der Waals surface area contributed by atoms with Crippen LogP contribution in [0.3, 0.4) is 0 Å². The number of hydrogen-bond donors (Lipinski definition) is 2. The van der Waals surface area contributed by atoms with Crippen LogP contribution in [-0.2, 0) is 17.6 Å². The molecular formula is C16H27N3O4. The number of amides is 1. The van der Waals surface area contributed by atoms with Crippen LogP contribution in [0.15, 0.2) is 4.52 Å². The van der Waals surface area contributed by atoms with Crippen LogP contribution in [0.5, 0.6) is 0 Å². The van der Waals surface area contributed by atoms with Gasteiger partial charge in [0.2, 0.25) is 5.89 Å². The Hall–Kier alpha value is -1.63. The van der Waals surface area contributed by atoms with Gasteiger partial charge in [-0.25, -0.2) is 4.79 Å². The van der Waals surface area contributed by atoms with Gasteiger partial charge < -0.3 is 19.7 Å². The van der Waals surface area contributed by atoms with E-state index in [1.165, 1.54) is 0 Å². The first-order valence-corrected chi connectivity index (χ1v) is 8.22. The minimum absolute atomic E-state index is 0.114. The van der Waals surface area contributed by atoms with Crippen LogP contribution in [0.25, 0.3) is 0 Å². The monoisotopic (exact) mass is 325 g/mol. The third kappa shape index (κ3) is 5.49. The third-order valence-electron chi connectivity index (χ3n) is 3.85. The summed E-state index contributed by atoms with van der Waals surface area (Å²) < 4.78 is 10.4. The summed E-state index contributed by atoms with van der Waals surface area (Å²) in [6.45, 7) is 7.42. The maximum absolute atomic E-state index is 11.9. The normalized spacial score (nSPS) is 25.2. The minimum atomic E-state index is -0.935. The predicted molar refractivity (Wildman–Crippen MR) is 84.0 cm³/mol. The van der Waals surface area contributed by atoms with Crippen molar-refractivity contribution in [1.82, 2.24) is 15.5 Å². The molecule has 23 heavy (non-hydrogen) atoms. The fourth-order valence-electron chi connectivity index (χ4n) is 2.89. The van der Waals surface area contributed by atoms with E-state index in [9.17, 15) is 9.90 Å². The summed E-state index contributed by atoms with van der Waals surface area (Å²) in [5, 5.41) is 17.5. The van der Waals surface area contributed by atoms with Gasteiger partial charge in [0.15, 0.2) is 5.82 Å². The number of carbonyl (C=O) groups excluding carboxylic acids is 1. The molecule has 1 heterocycles. The molecule has 0 spiro atoms. The largest absolute Gasteiger partial charge is 0.444 e. The van der Waals surface area contributed by atoms with Gasteiger partial charge >= 0.3 is 6.09 Å². The number of nitrogens with zero attached hydrogens (tertiary/aromatic N) is 2. The second-order valence-corrected chi connectivity index (χ2v) is 7.30. The summed E-state index contributed by atoms with van der Waals surface area (Å²) in [5.74, 6) is 1.09. The highest BCUT2D eigenvalue weighted by Gasteiger charge is 2.37. The molecule has 1 aliphatic rings. The third-order valence-corrected chi connectivity index (χ3v) is 3.85. The van der Waals surface area contributed by atoms with Crippen LogP contribution in [0.4, 0.5) is 4.79 Å². The number of ether oxygens (including phenoxy) is 1. The van der Waals surface area contributed by atoms with E-state index in [1.807, 2.05) is 27.7 Å². The van der Waals surface area contributed by atoms with E-state index in [0.717, 1.165) is 12.8 Å². The van der Waals surface area contributed by atoms with Crippen LogP contribution in [0.1, 0.15) is 65.1 Å². The molecule has 1 aromatic heterocycles. The molecule has 2 rings (SSSR count). The van der Waals surface area contributed by atoms with Crippen LogP contribution in [0.2, 0.25) is 0 Å². The van der Waals surface area contributed by atoms with E-state index >= 15 is 0 Å². The van der Waals surface area contributed by atoms with E-state index in [4.69, 9.17) is 9.26 Å². The van der Waals surface area contributed by atoms with Gasteiger partial charge in [0.1, 0.15) is 5.60 Å². The molecule has 0 unspecified atom stereocenters. The van der Waals surface area contributed by atoms with Crippen LogP contribution in [-0.4, -0.2) is 38.6 Å². The standard InChI is InChI=1S/C16H27N3O4/c1-5-12-18-13(23-19-12)10-16(21)8-6-7-11(9-16)17-14(20)22-15(2,3)4/h11,21H,5-10H2,1-4H3,(H,17,20)/t11-,16+/m1/s1. The molecule has 0 aliphatic heterocycles. The van der Waals surface area contributed by atoms with Crippen molar-refractivity contribution in [2.24, 2.45) is 0 Å². The Bertz CT molecular complexity index is 538. The van der Waals surface area contributed by atoms with E-state index in [1.54, 1.807) is 0 Å². The molecule has 1 saturated carbocycles. The Morgan fingerprint density at radius 1 is 1.52 bits per heavy atom. The molecule has 130 valence electrons. The molecule has 7 heteroatoms. The van der Waals surface area contributed by atoms with E-state index in [0.29, 0.717) is 37.4 Å². The highest BCUT2D eigenvalue weighted by Crippen LogP contribution is 2.31. The molecule has 1 aromatic rings. The van der Waals surface area contributed by atoms with Crippen molar-refractivity contribution in [3.8, 4) is 0 Å². The Morgan fingerprint density at radius 2 is 2.26 bits per heavy atom. The van der Waals surface area contributed by atoms with Gasteiger partial charge in [0.25, 0.3) is 0 Å². The minimum Gasteiger partial charge on any atom is -0.444 e. The maximum atomic E-state index is 11.9. The lowest BCUT2D eigenvalue weighted by Crippen LogP contribution is -2.48. The molecule has 0 aromatic carbocycles. The lowest BCUT2D eigenvalue weighted by molar-refractivity contribution is -0.0149. The summed E-state index contributed by atoms with van der Waals surface area (Å²) >= 11 is 0. The van der Waals surface area contributed by atoms with Crippen molar-refractivity contribution in [3.05, 3.63) is 11.7 Å². The lowest BCUT2D eigenvalue weighted by Gasteiger charge is -2.36. The summed E-state index contributed by atoms with van der Waals surface area (Å²) in [6, 6.07) is -0.114. The van der Waals surface area contributed by atoms with Crippen molar-refractivity contribution < 1.29 is 19.2 Å². The Labute approximate surface area is 136 Å². The van der Waals surface area contributed by atoms with E-state index in [-0.39, 0.29) is 6.04 Å². The molecule has 2 atom stereocenters. The van der Waals surface area contributed by atoms with Gasteiger partial charge in [0, 0.05) is 12.5 Å². The van der Waals surface area contributed by atoms with Gasteiger partial charge in [-0.2, -0.15) is 4.98 Å². The number of alkyl carbamates (subject to hydrolysis) is 1. The average molecular weight is 325 g/mol. The molecule has 2 N–H and O–H groups in total. The Kier molecular flexibility index (Phi) is 5.29. The zero-order valence-corrected chi connectivity index (χ0v) is 14.4. The van der Waals surface area contributed by atoms with E-state index < -0.39 is 17.3 Å². The highest BCUT2D eigenvalue weighted by molar-refractivity contribution is 5.68. The lowest BCUT2D eigenvalue weighted by atomic mass is 9.79. The number of aliphatic hydroxyl groups is 1. The second kappa shape index (κ2) is 6.86. The van der Waals surface area contributed by atoms with Gasteiger partial charge in [0.05, 0.1) is 12.0 Å². The molecule has 7 nitrogen and oxygen atoms in total. The van der Waals surface area contributed by atoms with Crippen LogP contribution < -0.4 is 5.32 Å². The number of carbonyl (C=O) groups is 1. The Balaban J connectivity index is 1.92. The molecule has 0 saturated heterocycles. The molecule has 1 amide bonds. The predicted octanol–water partition coefficient (Wildman–Crippen LogP) is 2.37. The molecular weight excluding hydrogens is 298 g/mol. The summed E-state index contributed by atoms with van der Waals surface area (Å²) in [4.78, 5) is 16.1. The van der Waals surface area contributed by atoms with E-state index in [2.05, 4.69) is 15.5 Å². The van der Waals surface area contributed by atoms with Crippen molar-refractivity contribution in [2.45, 2.75) is 83.5 Å². The summed E-state index contributed by atoms with van der Waals surface area (Å²) in [6.07, 6.45) is 3.33. The second-order valence-electron chi connectivity index (χ2n) is 7.30. The smallest absolute Gasteiger partial charge is 0.407 e. The van der Waals surface area contributed by atoms with Gasteiger partial charge in [-0.05, 0) is 46.5 Å². The first-order chi connectivity index (χ1) is 10.7. The molecule has 0 bridgehead atoms. The zero-order valence-electron chi connectivity index (χ0n) is 14.4. The number of nitrogens with one attached hydrogen (secondary N) is 1. The van der Waals surface area contributed by atoms with Crippen LogP contribution in [0, 0.1) is 0 Å². The SMILES string of the molecule is CCc1noc(C[C@]2(O)CCC[C@@H](NC(=O)OC(C)(C)C)C2)n1. The topological polar surface area (TPSA) is 97.5 Å². The summed E-state index contributed by atoms with van der Waals surface area (Å²) in [5.41, 5.74) is -1.47. The average Bonchev–Trinajstić information content (AvgIpc) is 2.83. The molecule has 0 radical (unpaired) electrons. The maximum Gasteiger partial charge on any atom is 0.407 e. The number of hydrogen-bond acceptors (Lipinski definition) is 6. The molecule has 1 aliphatic carbocycles. The number of aromatic nitrogens is 2. The van der Waals surface area contributed by atoms with Gasteiger partial charge in [-0.1, -0.05) is 12.1 Å². The highest BCUT2D eigenvalue weighted by atomic mass is 16.6. The fraction of sp³-hybridized carbons (Fsp3) is 0.812. The Morgan fingerprint density at radius 3 is 2.87 bits per heavy atom. The van der Waals surface area contributed by atoms with Crippen molar-refractivity contribution in [2.75, 3.05) is 0 Å². The van der Waals surface area contributed by atoms with Crippen molar-refractivity contribution >= 4 is 6.09 Å². The molecule has 1 fully saturated rings. The fourth-order valence-corrected chi connectivity index (χ4v) is 2.89. The number of rotatable bonds is 4. The number of aryl methyl sites for hydroxylation is 1. The van der Waals surface area contributed by atoms with Crippen molar-refractivity contribution in [1.29, 1.82) is 0 Å². The quantitative estimate of drug-likeness (QED) is 0.882. The van der Waals surface area contributed by atoms with Crippen molar-refractivity contribution in [3.63, 3.8) is 0 Å². The zero-order chi connectivity index (χ0) is 17.1. The van der Waals surface area contributed by atoms with Crippen LogP contribution >= 0.6 is 0 Å². The van der Waals surface area contributed by atoms with Gasteiger partial charge in [-0.15, -0.1) is 0 Å². The first kappa shape index (κ1) is 17.7.